The maximum absolute atomic E-state index is 12.3. The van der Waals surface area contributed by atoms with Crippen LogP contribution in [0.25, 0.3) is 0 Å². The number of benzene rings is 2. The van der Waals surface area contributed by atoms with Crippen LogP contribution in [-0.2, 0) is 22.6 Å². The van der Waals surface area contributed by atoms with Crippen LogP contribution >= 0.6 is 0 Å². The standard InChI is InChI=1S/C20H23NO4/c1-14(2)25-13-16-6-9-17(10-7-16)20(24)21-18-5-3-4-15(12-18)8-11-19(22)23/h3-7,9-10,12,14H,8,11,13H2,1-2H3,(H,21,24)(H,22,23). The molecule has 2 aromatic rings. The van der Waals surface area contributed by atoms with Crippen LogP contribution in [-0.4, -0.2) is 23.1 Å². The van der Waals surface area contributed by atoms with Crippen LogP contribution in [0.5, 0.6) is 0 Å². The highest BCUT2D eigenvalue weighted by Crippen LogP contribution is 2.14. The first-order chi connectivity index (χ1) is 11.9. The number of hydrogen-bond acceptors (Lipinski definition) is 3. The summed E-state index contributed by atoms with van der Waals surface area (Å²) in [6.45, 7) is 4.48. The third kappa shape index (κ3) is 6.39. The number of ether oxygens (including phenoxy) is 1. The Labute approximate surface area is 147 Å². The van der Waals surface area contributed by atoms with Gasteiger partial charge in [0.2, 0.25) is 0 Å². The lowest BCUT2D eigenvalue weighted by molar-refractivity contribution is -0.136. The van der Waals surface area contributed by atoms with Crippen LogP contribution < -0.4 is 5.32 Å². The Morgan fingerprint density at radius 2 is 1.80 bits per heavy atom. The van der Waals surface area contributed by atoms with E-state index in [0.29, 0.717) is 24.3 Å². The van der Waals surface area contributed by atoms with Gasteiger partial charge in [-0.25, -0.2) is 0 Å². The number of hydrogen-bond donors (Lipinski definition) is 2. The number of carboxylic acids is 1. The molecule has 0 aliphatic carbocycles. The molecule has 132 valence electrons. The lowest BCUT2D eigenvalue weighted by Gasteiger charge is -2.09. The molecule has 0 aliphatic heterocycles. The Kier molecular flexibility index (Phi) is 6.71. The van der Waals surface area contributed by atoms with Gasteiger partial charge in [0.1, 0.15) is 0 Å². The molecule has 0 heterocycles. The minimum atomic E-state index is -0.837. The molecule has 2 N–H and O–H groups in total. The summed E-state index contributed by atoms with van der Waals surface area (Å²) in [5, 5.41) is 11.6. The monoisotopic (exact) mass is 341 g/mol. The quantitative estimate of drug-likeness (QED) is 0.764. The molecule has 5 nitrogen and oxygen atoms in total. The molecule has 0 radical (unpaired) electrons. The molecule has 0 unspecified atom stereocenters. The Hall–Kier alpha value is -2.66. The highest BCUT2D eigenvalue weighted by atomic mass is 16.5. The molecular formula is C20H23NO4. The lowest BCUT2D eigenvalue weighted by Crippen LogP contribution is -2.12. The van der Waals surface area contributed by atoms with Gasteiger partial charge < -0.3 is 15.2 Å². The van der Waals surface area contributed by atoms with Gasteiger partial charge in [-0.2, -0.15) is 0 Å². The number of carbonyl (C=O) groups is 2. The van der Waals surface area contributed by atoms with Crippen LogP contribution in [0.3, 0.4) is 0 Å². The van der Waals surface area contributed by atoms with Crippen molar-refractivity contribution in [3.63, 3.8) is 0 Å². The number of amides is 1. The molecule has 25 heavy (non-hydrogen) atoms. The number of rotatable bonds is 8. The van der Waals surface area contributed by atoms with Crippen LogP contribution in [0.1, 0.15) is 41.8 Å². The molecule has 2 rings (SSSR count). The Morgan fingerprint density at radius 1 is 1.08 bits per heavy atom. The maximum Gasteiger partial charge on any atom is 0.303 e. The van der Waals surface area contributed by atoms with Crippen LogP contribution in [0.15, 0.2) is 48.5 Å². The molecule has 0 spiro atoms. The Balaban J connectivity index is 1.97. The van der Waals surface area contributed by atoms with E-state index in [0.717, 1.165) is 11.1 Å². The molecule has 0 fully saturated rings. The number of carbonyl (C=O) groups excluding carboxylic acids is 1. The second-order valence-electron chi connectivity index (χ2n) is 6.10. The summed E-state index contributed by atoms with van der Waals surface area (Å²) in [4.78, 5) is 23.0. The predicted octanol–water partition coefficient (Wildman–Crippen LogP) is 3.88. The van der Waals surface area contributed by atoms with Crippen molar-refractivity contribution in [1.29, 1.82) is 0 Å². The summed E-state index contributed by atoms with van der Waals surface area (Å²) < 4.78 is 5.53. The fourth-order valence-electron chi connectivity index (χ4n) is 2.27. The topological polar surface area (TPSA) is 75.6 Å². The maximum atomic E-state index is 12.3. The first kappa shape index (κ1) is 18.7. The fourth-order valence-corrected chi connectivity index (χ4v) is 2.27. The van der Waals surface area contributed by atoms with Gasteiger partial charge in [0, 0.05) is 17.7 Å². The van der Waals surface area contributed by atoms with Crippen molar-refractivity contribution in [1.82, 2.24) is 0 Å². The van der Waals surface area contributed by atoms with Crippen molar-refractivity contribution < 1.29 is 19.4 Å². The van der Waals surface area contributed by atoms with Gasteiger partial charge in [0.15, 0.2) is 0 Å². The van der Waals surface area contributed by atoms with E-state index in [4.69, 9.17) is 9.84 Å². The van der Waals surface area contributed by atoms with Gasteiger partial charge in [0.25, 0.3) is 5.91 Å². The van der Waals surface area contributed by atoms with E-state index in [1.54, 1.807) is 30.3 Å². The van der Waals surface area contributed by atoms with E-state index in [9.17, 15) is 9.59 Å². The summed E-state index contributed by atoms with van der Waals surface area (Å²) >= 11 is 0. The molecule has 0 bridgehead atoms. The molecule has 0 saturated heterocycles. The SMILES string of the molecule is CC(C)OCc1ccc(C(=O)Nc2cccc(CCC(=O)O)c2)cc1. The van der Waals surface area contributed by atoms with E-state index in [-0.39, 0.29) is 18.4 Å². The summed E-state index contributed by atoms with van der Waals surface area (Å²) in [7, 11) is 0. The summed E-state index contributed by atoms with van der Waals surface area (Å²) in [5.41, 5.74) is 3.10. The van der Waals surface area contributed by atoms with Crippen molar-refractivity contribution in [3.05, 3.63) is 65.2 Å². The fraction of sp³-hybridized carbons (Fsp3) is 0.300. The van der Waals surface area contributed by atoms with Crippen LogP contribution in [0.2, 0.25) is 0 Å². The molecule has 0 aliphatic rings. The average Bonchev–Trinajstić information content (AvgIpc) is 2.59. The van der Waals surface area contributed by atoms with E-state index in [2.05, 4.69) is 5.32 Å². The zero-order valence-electron chi connectivity index (χ0n) is 14.5. The van der Waals surface area contributed by atoms with Gasteiger partial charge >= 0.3 is 5.97 Å². The molecule has 5 heteroatoms. The zero-order chi connectivity index (χ0) is 18.2. The van der Waals surface area contributed by atoms with Gasteiger partial charge in [-0.05, 0) is 55.7 Å². The van der Waals surface area contributed by atoms with Crippen molar-refractivity contribution in [2.45, 2.75) is 39.4 Å². The molecule has 1 amide bonds. The van der Waals surface area contributed by atoms with E-state index in [1.165, 1.54) is 0 Å². The summed E-state index contributed by atoms with van der Waals surface area (Å²) in [6.07, 6.45) is 0.664. The highest BCUT2D eigenvalue weighted by molar-refractivity contribution is 6.04. The van der Waals surface area contributed by atoms with Gasteiger partial charge in [0.05, 0.1) is 12.7 Å². The van der Waals surface area contributed by atoms with Crippen molar-refractivity contribution in [2.24, 2.45) is 0 Å². The van der Waals surface area contributed by atoms with Gasteiger partial charge in [-0.3, -0.25) is 9.59 Å². The zero-order valence-corrected chi connectivity index (χ0v) is 14.5. The Bertz CT molecular complexity index is 723. The molecule has 0 aromatic heterocycles. The summed E-state index contributed by atoms with van der Waals surface area (Å²) in [6, 6.07) is 14.5. The molecule has 0 saturated carbocycles. The first-order valence-corrected chi connectivity index (χ1v) is 8.26. The van der Waals surface area contributed by atoms with E-state index >= 15 is 0 Å². The molecule has 0 atom stereocenters. The number of aryl methyl sites for hydroxylation is 1. The number of anilines is 1. The largest absolute Gasteiger partial charge is 0.481 e. The third-order valence-electron chi connectivity index (χ3n) is 3.61. The van der Waals surface area contributed by atoms with E-state index in [1.807, 2.05) is 32.0 Å². The van der Waals surface area contributed by atoms with Crippen molar-refractivity contribution >= 4 is 17.6 Å². The number of aliphatic carboxylic acids is 1. The second kappa shape index (κ2) is 8.99. The van der Waals surface area contributed by atoms with Crippen molar-refractivity contribution in [2.75, 3.05) is 5.32 Å². The molecule has 2 aromatic carbocycles. The van der Waals surface area contributed by atoms with Gasteiger partial charge in [-0.1, -0.05) is 24.3 Å². The lowest BCUT2D eigenvalue weighted by atomic mass is 10.1. The van der Waals surface area contributed by atoms with Crippen LogP contribution in [0, 0.1) is 0 Å². The number of carboxylic acid groups (broad SMARTS) is 1. The Morgan fingerprint density at radius 3 is 2.44 bits per heavy atom. The second-order valence-corrected chi connectivity index (χ2v) is 6.10. The average molecular weight is 341 g/mol. The van der Waals surface area contributed by atoms with Crippen molar-refractivity contribution in [3.8, 4) is 0 Å². The number of nitrogens with one attached hydrogen (secondary N) is 1. The van der Waals surface area contributed by atoms with E-state index < -0.39 is 5.97 Å². The smallest absolute Gasteiger partial charge is 0.303 e. The first-order valence-electron chi connectivity index (χ1n) is 8.26. The summed E-state index contributed by atoms with van der Waals surface area (Å²) in [5.74, 6) is -1.04. The van der Waals surface area contributed by atoms with Gasteiger partial charge in [-0.15, -0.1) is 0 Å². The predicted molar refractivity (Wildman–Crippen MR) is 96.7 cm³/mol. The normalized spacial score (nSPS) is 10.7. The van der Waals surface area contributed by atoms with Crippen LogP contribution in [0.4, 0.5) is 5.69 Å². The highest BCUT2D eigenvalue weighted by Gasteiger charge is 2.07. The minimum Gasteiger partial charge on any atom is -0.481 e. The third-order valence-corrected chi connectivity index (χ3v) is 3.61. The minimum absolute atomic E-state index is 0.0668. The molecular weight excluding hydrogens is 318 g/mol.